The molecule has 0 bridgehead atoms. The number of hydrogen-bond donors (Lipinski definition) is 1. The summed E-state index contributed by atoms with van der Waals surface area (Å²) in [5.41, 5.74) is 0. The predicted octanol–water partition coefficient (Wildman–Crippen LogP) is 2.66. The predicted molar refractivity (Wildman–Crippen MR) is 77.7 cm³/mol. The van der Waals surface area contributed by atoms with Crippen LogP contribution in [0.5, 0.6) is 0 Å². The molecule has 1 aromatic rings. The van der Waals surface area contributed by atoms with E-state index in [4.69, 9.17) is 9.72 Å². The molecule has 4 heteroatoms. The molecule has 0 radical (unpaired) electrons. The summed E-state index contributed by atoms with van der Waals surface area (Å²) in [6.07, 6.45) is 5.46. The molecule has 1 aliphatic carbocycles. The molecule has 4 nitrogen and oxygen atoms in total. The third kappa shape index (κ3) is 2.68. The first-order valence-corrected chi connectivity index (χ1v) is 7.47. The van der Waals surface area contributed by atoms with Gasteiger partial charge in [0.05, 0.1) is 18.8 Å². The van der Waals surface area contributed by atoms with Crippen molar-refractivity contribution in [2.75, 3.05) is 29.9 Å². The molecule has 104 valence electrons. The van der Waals surface area contributed by atoms with Crippen LogP contribution in [0.2, 0.25) is 0 Å². The molecule has 2 fully saturated rings. The number of nitrogens with zero attached hydrogens (tertiary/aromatic N) is 2. The summed E-state index contributed by atoms with van der Waals surface area (Å²) in [7, 11) is 0. The minimum atomic E-state index is 0.409. The van der Waals surface area contributed by atoms with Crippen molar-refractivity contribution in [1.29, 1.82) is 0 Å². The average molecular weight is 261 g/mol. The van der Waals surface area contributed by atoms with E-state index in [1.165, 1.54) is 25.7 Å². The van der Waals surface area contributed by atoms with E-state index in [1.54, 1.807) is 0 Å². The highest BCUT2D eigenvalue weighted by atomic mass is 16.5. The van der Waals surface area contributed by atoms with Gasteiger partial charge in [-0.15, -0.1) is 0 Å². The Balaban J connectivity index is 1.81. The van der Waals surface area contributed by atoms with Gasteiger partial charge in [-0.05, 0) is 31.9 Å². The minimum absolute atomic E-state index is 0.409. The van der Waals surface area contributed by atoms with Crippen molar-refractivity contribution in [2.24, 2.45) is 0 Å². The molecule has 1 N–H and O–H groups in total. The molecule has 0 aromatic carbocycles. The third-order valence-electron chi connectivity index (χ3n) is 4.12. The van der Waals surface area contributed by atoms with Gasteiger partial charge in [0, 0.05) is 13.1 Å². The number of morpholine rings is 1. The van der Waals surface area contributed by atoms with Crippen molar-refractivity contribution in [3.8, 4) is 0 Å². The molecular weight excluding hydrogens is 238 g/mol. The molecule has 2 aliphatic rings. The van der Waals surface area contributed by atoms with Crippen molar-refractivity contribution < 1.29 is 4.74 Å². The summed E-state index contributed by atoms with van der Waals surface area (Å²) in [6, 6.07) is 6.77. The number of nitrogens with one attached hydrogen (secondary N) is 1. The van der Waals surface area contributed by atoms with Crippen LogP contribution >= 0.6 is 0 Å². The van der Waals surface area contributed by atoms with E-state index in [2.05, 4.69) is 29.3 Å². The Morgan fingerprint density at radius 1 is 1.37 bits per heavy atom. The van der Waals surface area contributed by atoms with E-state index in [-0.39, 0.29) is 0 Å². The first-order valence-electron chi connectivity index (χ1n) is 7.47. The topological polar surface area (TPSA) is 37.4 Å². The van der Waals surface area contributed by atoms with Crippen molar-refractivity contribution in [3.63, 3.8) is 0 Å². The number of ether oxygens (including phenoxy) is 1. The van der Waals surface area contributed by atoms with Crippen LogP contribution in [0.25, 0.3) is 0 Å². The largest absolute Gasteiger partial charge is 0.374 e. The van der Waals surface area contributed by atoms with Gasteiger partial charge in [0.25, 0.3) is 0 Å². The number of rotatable bonds is 3. The SMILES string of the molecule is CCNc1cccc(N2CCOC3CCCCC32)n1. The van der Waals surface area contributed by atoms with Crippen LogP contribution in [0.4, 0.5) is 11.6 Å². The van der Waals surface area contributed by atoms with Crippen LogP contribution in [-0.2, 0) is 4.74 Å². The van der Waals surface area contributed by atoms with Gasteiger partial charge in [-0.2, -0.15) is 0 Å². The lowest BCUT2D eigenvalue weighted by atomic mass is 9.90. The Labute approximate surface area is 115 Å². The van der Waals surface area contributed by atoms with Gasteiger partial charge in [0.1, 0.15) is 11.6 Å². The van der Waals surface area contributed by atoms with Crippen molar-refractivity contribution in [1.82, 2.24) is 4.98 Å². The van der Waals surface area contributed by atoms with E-state index >= 15 is 0 Å². The normalized spacial score (nSPS) is 26.9. The second kappa shape index (κ2) is 5.78. The first-order chi connectivity index (χ1) is 9.38. The van der Waals surface area contributed by atoms with Crippen LogP contribution in [0, 0.1) is 0 Å². The van der Waals surface area contributed by atoms with Crippen LogP contribution < -0.4 is 10.2 Å². The molecule has 0 amide bonds. The summed E-state index contributed by atoms with van der Waals surface area (Å²) in [5, 5.41) is 3.29. The zero-order valence-electron chi connectivity index (χ0n) is 11.6. The number of aromatic nitrogens is 1. The Hall–Kier alpha value is -1.29. The molecule has 3 rings (SSSR count). The third-order valence-corrected chi connectivity index (χ3v) is 4.12. The summed E-state index contributed by atoms with van der Waals surface area (Å²) in [5.74, 6) is 2.07. The number of pyridine rings is 1. The van der Waals surface area contributed by atoms with E-state index in [0.29, 0.717) is 12.1 Å². The maximum Gasteiger partial charge on any atom is 0.131 e. The van der Waals surface area contributed by atoms with E-state index < -0.39 is 0 Å². The fraction of sp³-hybridized carbons (Fsp3) is 0.667. The maximum absolute atomic E-state index is 5.93. The monoisotopic (exact) mass is 261 g/mol. The lowest BCUT2D eigenvalue weighted by molar-refractivity contribution is -0.00897. The lowest BCUT2D eigenvalue weighted by Crippen LogP contribution is -2.53. The molecule has 0 spiro atoms. The fourth-order valence-electron chi connectivity index (χ4n) is 3.24. The zero-order chi connectivity index (χ0) is 13.1. The molecule has 1 aliphatic heterocycles. The van der Waals surface area contributed by atoms with E-state index in [1.807, 2.05) is 6.07 Å². The van der Waals surface area contributed by atoms with Crippen molar-refractivity contribution >= 4 is 11.6 Å². The van der Waals surface area contributed by atoms with Crippen LogP contribution in [0.1, 0.15) is 32.6 Å². The van der Waals surface area contributed by atoms with Gasteiger partial charge in [0.15, 0.2) is 0 Å². The van der Waals surface area contributed by atoms with Crippen LogP contribution in [-0.4, -0.2) is 36.8 Å². The van der Waals surface area contributed by atoms with Gasteiger partial charge in [-0.25, -0.2) is 4.98 Å². The Kier molecular flexibility index (Phi) is 3.87. The quantitative estimate of drug-likeness (QED) is 0.907. The second-order valence-electron chi connectivity index (χ2n) is 5.37. The Morgan fingerprint density at radius 2 is 2.26 bits per heavy atom. The molecule has 1 saturated heterocycles. The maximum atomic E-state index is 5.93. The lowest BCUT2D eigenvalue weighted by Gasteiger charge is -2.44. The summed E-state index contributed by atoms with van der Waals surface area (Å²) >= 11 is 0. The number of anilines is 2. The van der Waals surface area contributed by atoms with Gasteiger partial charge in [0.2, 0.25) is 0 Å². The van der Waals surface area contributed by atoms with Gasteiger partial charge >= 0.3 is 0 Å². The summed E-state index contributed by atoms with van der Waals surface area (Å²) < 4.78 is 5.93. The molecule has 2 unspecified atom stereocenters. The Morgan fingerprint density at radius 3 is 3.16 bits per heavy atom. The zero-order valence-corrected chi connectivity index (χ0v) is 11.6. The van der Waals surface area contributed by atoms with Crippen LogP contribution in [0.15, 0.2) is 18.2 Å². The average Bonchev–Trinajstić information content (AvgIpc) is 2.47. The van der Waals surface area contributed by atoms with Crippen molar-refractivity contribution in [2.45, 2.75) is 44.8 Å². The highest BCUT2D eigenvalue weighted by molar-refractivity contribution is 5.48. The second-order valence-corrected chi connectivity index (χ2v) is 5.37. The molecule has 1 saturated carbocycles. The van der Waals surface area contributed by atoms with E-state index in [9.17, 15) is 0 Å². The molecule has 2 heterocycles. The van der Waals surface area contributed by atoms with E-state index in [0.717, 1.165) is 31.3 Å². The smallest absolute Gasteiger partial charge is 0.131 e. The summed E-state index contributed by atoms with van der Waals surface area (Å²) in [6.45, 7) is 4.80. The Bertz CT molecular complexity index is 422. The molecule has 1 aromatic heterocycles. The van der Waals surface area contributed by atoms with Crippen LogP contribution in [0.3, 0.4) is 0 Å². The van der Waals surface area contributed by atoms with Crippen molar-refractivity contribution in [3.05, 3.63) is 18.2 Å². The first kappa shape index (κ1) is 12.7. The molecule has 19 heavy (non-hydrogen) atoms. The summed E-state index contributed by atoms with van der Waals surface area (Å²) in [4.78, 5) is 7.19. The minimum Gasteiger partial charge on any atom is -0.374 e. The highest BCUT2D eigenvalue weighted by Crippen LogP contribution is 2.31. The standard InChI is InChI=1S/C15H23N3O/c1-2-16-14-8-5-9-15(17-14)18-10-11-19-13-7-4-3-6-12(13)18/h5,8-9,12-13H,2-4,6-7,10-11H2,1H3,(H,16,17). The highest BCUT2D eigenvalue weighted by Gasteiger charge is 2.34. The number of fused-ring (bicyclic) bond motifs is 1. The molecular formula is C15H23N3O. The number of hydrogen-bond acceptors (Lipinski definition) is 4. The van der Waals surface area contributed by atoms with Gasteiger partial charge in [-0.1, -0.05) is 18.9 Å². The molecule has 2 atom stereocenters. The van der Waals surface area contributed by atoms with Gasteiger partial charge in [-0.3, -0.25) is 0 Å². The van der Waals surface area contributed by atoms with Gasteiger partial charge < -0.3 is 15.0 Å². The fourth-order valence-corrected chi connectivity index (χ4v) is 3.24.